The lowest BCUT2D eigenvalue weighted by atomic mass is 10.3. The smallest absolute Gasteiger partial charge is 0.225 e. The van der Waals surface area contributed by atoms with Crippen LogP contribution in [-0.4, -0.2) is 41.3 Å². The lowest BCUT2D eigenvalue weighted by Crippen LogP contribution is -2.33. The first kappa shape index (κ1) is 15.2. The number of hydrogen-bond acceptors (Lipinski definition) is 4. The molecule has 7 heteroatoms. The standard InChI is InChI=1S/C13H19N3O2S2/c1-9-10(20-13(19)15-9)8-11(17)14-5-4-12(18)16-6-2-3-7-16/h2-8H2,1H3,(H,14,17)(H,15,19). The van der Waals surface area contributed by atoms with Crippen molar-refractivity contribution in [3.63, 3.8) is 0 Å². The SMILES string of the molecule is Cc1[nH]c(=S)sc1CC(=O)NCCC(=O)N1CCCC1. The molecule has 2 amide bonds. The molecule has 2 rings (SSSR count). The average molecular weight is 313 g/mol. The Morgan fingerprint density at radius 3 is 2.70 bits per heavy atom. The average Bonchev–Trinajstić information content (AvgIpc) is 3.00. The summed E-state index contributed by atoms with van der Waals surface area (Å²) in [4.78, 5) is 29.4. The second-order valence-electron chi connectivity index (χ2n) is 4.93. The topological polar surface area (TPSA) is 65.2 Å². The molecule has 1 aromatic heterocycles. The number of aromatic amines is 1. The molecule has 0 bridgehead atoms. The van der Waals surface area contributed by atoms with E-state index in [0.717, 1.165) is 36.5 Å². The van der Waals surface area contributed by atoms with Crippen molar-refractivity contribution >= 4 is 35.4 Å². The predicted molar refractivity (Wildman–Crippen MR) is 81.4 cm³/mol. The van der Waals surface area contributed by atoms with Crippen LogP contribution in [0.5, 0.6) is 0 Å². The lowest BCUT2D eigenvalue weighted by molar-refractivity contribution is -0.130. The number of hydrogen-bond donors (Lipinski definition) is 2. The van der Waals surface area contributed by atoms with Gasteiger partial charge in [-0.1, -0.05) is 0 Å². The molecule has 2 heterocycles. The Morgan fingerprint density at radius 2 is 2.10 bits per heavy atom. The minimum absolute atomic E-state index is 0.0624. The number of carbonyl (C=O) groups is 2. The second kappa shape index (κ2) is 6.99. The summed E-state index contributed by atoms with van der Waals surface area (Å²) in [5.74, 6) is 0.0730. The quantitative estimate of drug-likeness (QED) is 0.815. The molecule has 110 valence electrons. The van der Waals surface area contributed by atoms with Crippen LogP contribution in [0.15, 0.2) is 0 Å². The monoisotopic (exact) mass is 313 g/mol. The third-order valence-electron chi connectivity index (χ3n) is 3.36. The summed E-state index contributed by atoms with van der Waals surface area (Å²) in [6.45, 7) is 4.03. The van der Waals surface area contributed by atoms with Crippen LogP contribution in [0, 0.1) is 10.9 Å². The van der Waals surface area contributed by atoms with Gasteiger partial charge in [-0.25, -0.2) is 0 Å². The van der Waals surface area contributed by atoms with Crippen molar-refractivity contribution in [1.82, 2.24) is 15.2 Å². The maximum atomic E-state index is 11.8. The molecule has 1 saturated heterocycles. The number of likely N-dealkylation sites (tertiary alicyclic amines) is 1. The normalized spacial score (nSPS) is 14.6. The van der Waals surface area contributed by atoms with Crippen LogP contribution < -0.4 is 5.32 Å². The molecule has 0 saturated carbocycles. The van der Waals surface area contributed by atoms with Gasteiger partial charge in [0.25, 0.3) is 0 Å². The highest BCUT2D eigenvalue weighted by atomic mass is 32.1. The van der Waals surface area contributed by atoms with Gasteiger partial charge in [-0.3, -0.25) is 9.59 Å². The highest BCUT2D eigenvalue weighted by Crippen LogP contribution is 2.15. The Bertz CT molecular complexity index is 544. The van der Waals surface area contributed by atoms with Crippen LogP contribution >= 0.6 is 23.6 Å². The van der Waals surface area contributed by atoms with E-state index in [9.17, 15) is 9.59 Å². The fraction of sp³-hybridized carbons (Fsp3) is 0.615. The van der Waals surface area contributed by atoms with Gasteiger partial charge in [-0.05, 0) is 32.0 Å². The van der Waals surface area contributed by atoms with E-state index in [1.165, 1.54) is 11.3 Å². The van der Waals surface area contributed by atoms with Crippen LogP contribution in [0.25, 0.3) is 0 Å². The van der Waals surface area contributed by atoms with Crippen molar-refractivity contribution in [3.05, 3.63) is 14.5 Å². The summed E-state index contributed by atoms with van der Waals surface area (Å²) < 4.78 is 0.689. The minimum Gasteiger partial charge on any atom is -0.355 e. The summed E-state index contributed by atoms with van der Waals surface area (Å²) >= 11 is 6.46. The van der Waals surface area contributed by atoms with Gasteiger partial charge in [0.2, 0.25) is 11.8 Å². The van der Waals surface area contributed by atoms with Crippen molar-refractivity contribution in [2.75, 3.05) is 19.6 Å². The number of rotatable bonds is 5. The van der Waals surface area contributed by atoms with Gasteiger partial charge in [0, 0.05) is 36.6 Å². The van der Waals surface area contributed by atoms with E-state index in [2.05, 4.69) is 10.3 Å². The second-order valence-corrected chi connectivity index (χ2v) is 6.70. The Balaban J connectivity index is 1.71. The van der Waals surface area contributed by atoms with E-state index in [4.69, 9.17) is 12.2 Å². The Morgan fingerprint density at radius 1 is 1.40 bits per heavy atom. The van der Waals surface area contributed by atoms with E-state index in [1.54, 1.807) is 0 Å². The summed E-state index contributed by atoms with van der Waals surface area (Å²) in [7, 11) is 0. The number of thiazole rings is 1. The molecule has 20 heavy (non-hydrogen) atoms. The molecule has 0 atom stereocenters. The van der Waals surface area contributed by atoms with Crippen molar-refractivity contribution in [1.29, 1.82) is 0 Å². The molecule has 0 spiro atoms. The predicted octanol–water partition coefficient (Wildman–Crippen LogP) is 1.79. The molecule has 1 aliphatic heterocycles. The molecular weight excluding hydrogens is 294 g/mol. The number of aryl methyl sites for hydroxylation is 1. The fourth-order valence-corrected chi connectivity index (χ4v) is 3.54. The lowest BCUT2D eigenvalue weighted by Gasteiger charge is -2.15. The molecule has 1 aliphatic rings. The maximum Gasteiger partial charge on any atom is 0.225 e. The molecule has 0 unspecified atom stereocenters. The van der Waals surface area contributed by atoms with Crippen LogP contribution in [0.1, 0.15) is 29.8 Å². The first-order valence-electron chi connectivity index (χ1n) is 6.79. The van der Waals surface area contributed by atoms with Gasteiger partial charge in [-0.15, -0.1) is 11.3 Å². The molecule has 0 radical (unpaired) electrons. The van der Waals surface area contributed by atoms with Crippen LogP contribution in [0.4, 0.5) is 0 Å². The minimum atomic E-state index is -0.0624. The number of amides is 2. The third-order valence-corrected chi connectivity index (χ3v) is 4.70. The van der Waals surface area contributed by atoms with E-state index >= 15 is 0 Å². The zero-order valence-electron chi connectivity index (χ0n) is 11.5. The van der Waals surface area contributed by atoms with Crippen LogP contribution in [0.3, 0.4) is 0 Å². The summed E-state index contributed by atoms with van der Waals surface area (Å²) in [5.41, 5.74) is 0.947. The number of nitrogens with one attached hydrogen (secondary N) is 2. The molecule has 1 fully saturated rings. The van der Waals surface area contributed by atoms with Gasteiger partial charge in [0.1, 0.15) is 0 Å². The van der Waals surface area contributed by atoms with Crippen molar-refractivity contribution in [2.45, 2.75) is 32.6 Å². The molecule has 5 nitrogen and oxygen atoms in total. The molecule has 1 aromatic rings. The highest BCUT2D eigenvalue weighted by Gasteiger charge is 2.17. The first-order chi connectivity index (χ1) is 9.56. The largest absolute Gasteiger partial charge is 0.355 e. The molecule has 0 aliphatic carbocycles. The van der Waals surface area contributed by atoms with Gasteiger partial charge < -0.3 is 15.2 Å². The molecule has 2 N–H and O–H groups in total. The van der Waals surface area contributed by atoms with Gasteiger partial charge in [-0.2, -0.15) is 0 Å². The van der Waals surface area contributed by atoms with Gasteiger partial charge in [0.05, 0.1) is 6.42 Å². The Hall–Kier alpha value is -1.21. The number of carbonyl (C=O) groups excluding carboxylic acids is 2. The number of aromatic nitrogens is 1. The van der Waals surface area contributed by atoms with E-state index in [1.807, 2.05) is 11.8 Å². The highest BCUT2D eigenvalue weighted by molar-refractivity contribution is 7.73. The summed E-state index contributed by atoms with van der Waals surface area (Å²) in [5, 5.41) is 2.79. The number of nitrogens with zero attached hydrogens (tertiary/aromatic N) is 1. The fourth-order valence-electron chi connectivity index (χ4n) is 2.25. The summed E-state index contributed by atoms with van der Waals surface area (Å²) in [6.07, 6.45) is 2.89. The van der Waals surface area contributed by atoms with Crippen molar-refractivity contribution in [2.24, 2.45) is 0 Å². The van der Waals surface area contributed by atoms with Crippen molar-refractivity contribution in [3.8, 4) is 0 Å². The Kier molecular flexibility index (Phi) is 5.31. The van der Waals surface area contributed by atoms with Crippen molar-refractivity contribution < 1.29 is 9.59 Å². The molecular formula is C13H19N3O2S2. The van der Waals surface area contributed by atoms with Gasteiger partial charge in [0.15, 0.2) is 3.95 Å². The van der Waals surface area contributed by atoms with Crippen LogP contribution in [-0.2, 0) is 16.0 Å². The number of H-pyrrole nitrogens is 1. The van der Waals surface area contributed by atoms with Crippen LogP contribution in [0.2, 0.25) is 0 Å². The van der Waals surface area contributed by atoms with E-state index < -0.39 is 0 Å². The Labute approximate surface area is 127 Å². The summed E-state index contributed by atoms with van der Waals surface area (Å²) in [6, 6.07) is 0. The maximum absolute atomic E-state index is 11.8. The third kappa shape index (κ3) is 4.14. The van der Waals surface area contributed by atoms with Gasteiger partial charge >= 0.3 is 0 Å². The molecule has 0 aromatic carbocycles. The zero-order chi connectivity index (χ0) is 14.5. The zero-order valence-corrected chi connectivity index (χ0v) is 13.2. The van der Waals surface area contributed by atoms with E-state index in [-0.39, 0.29) is 11.8 Å². The van der Waals surface area contributed by atoms with E-state index in [0.29, 0.717) is 23.3 Å². The first-order valence-corrected chi connectivity index (χ1v) is 8.02.